The Labute approximate surface area is 247 Å². The van der Waals surface area contributed by atoms with Crippen molar-refractivity contribution in [3.8, 4) is 11.1 Å². The lowest BCUT2D eigenvalue weighted by atomic mass is 10.0. The summed E-state index contributed by atoms with van der Waals surface area (Å²) in [4.78, 5) is 24.0. The summed E-state index contributed by atoms with van der Waals surface area (Å²) in [6, 6.07) is 20.6. The van der Waals surface area contributed by atoms with Crippen molar-refractivity contribution >= 4 is 44.7 Å². The minimum Gasteiger partial charge on any atom is -0.755 e. The van der Waals surface area contributed by atoms with Crippen LogP contribution in [0, 0.1) is 19.8 Å². The molecule has 5 aromatic rings. The second-order valence-corrected chi connectivity index (χ2v) is 12.5. The Bertz CT molecular complexity index is 1720. The molecule has 9 heteroatoms. The Morgan fingerprint density at radius 3 is 2.39 bits per heavy atom. The highest BCUT2D eigenvalue weighted by Crippen LogP contribution is 2.41. The van der Waals surface area contributed by atoms with Gasteiger partial charge >= 0.3 is 0 Å². The highest BCUT2D eigenvalue weighted by molar-refractivity contribution is 7.82. The molecule has 0 saturated heterocycles. The number of carbonyl (C=O) groups is 1. The van der Waals surface area contributed by atoms with E-state index in [9.17, 15) is 13.6 Å². The van der Waals surface area contributed by atoms with Crippen LogP contribution in [0.5, 0.6) is 0 Å². The SMILES string of the molecule is CCc1nc2c(C)cc(C)nc2n1Cc1ccc(-c2cc(CC(C)C)sc2N(C(=O)c2ccccc2)S(=O)[O-])cc1. The van der Waals surface area contributed by atoms with Crippen LogP contribution in [0.25, 0.3) is 22.3 Å². The van der Waals surface area contributed by atoms with Crippen molar-refractivity contribution in [3.05, 3.63) is 99.8 Å². The van der Waals surface area contributed by atoms with Crippen molar-refractivity contribution in [1.29, 1.82) is 0 Å². The minimum atomic E-state index is -2.79. The molecule has 0 radical (unpaired) electrons. The normalized spacial score (nSPS) is 12.3. The molecule has 0 aliphatic carbocycles. The molecule has 1 unspecified atom stereocenters. The first-order valence-corrected chi connectivity index (χ1v) is 15.5. The Kier molecular flexibility index (Phi) is 8.49. The minimum absolute atomic E-state index is 0.315. The van der Waals surface area contributed by atoms with Crippen LogP contribution in [0.3, 0.4) is 0 Å². The third-order valence-corrected chi connectivity index (χ3v) is 8.84. The maximum atomic E-state index is 13.4. The van der Waals surface area contributed by atoms with Gasteiger partial charge in [-0.25, -0.2) is 14.3 Å². The first-order chi connectivity index (χ1) is 19.7. The average molecular weight is 586 g/mol. The van der Waals surface area contributed by atoms with E-state index < -0.39 is 17.2 Å². The van der Waals surface area contributed by atoms with Crippen LogP contribution in [0.4, 0.5) is 5.00 Å². The van der Waals surface area contributed by atoms with Crippen LogP contribution in [0.1, 0.15) is 58.7 Å². The number of benzene rings is 2. The molecule has 0 spiro atoms. The van der Waals surface area contributed by atoms with Crippen LogP contribution in [-0.4, -0.2) is 29.2 Å². The molecule has 0 saturated carbocycles. The number of amides is 1. The second-order valence-electron chi connectivity index (χ2n) is 10.6. The van der Waals surface area contributed by atoms with Crippen molar-refractivity contribution in [2.45, 2.75) is 54.0 Å². The first-order valence-electron chi connectivity index (χ1n) is 13.7. The molecule has 0 N–H and O–H groups in total. The molecule has 0 fully saturated rings. The predicted molar refractivity (Wildman–Crippen MR) is 166 cm³/mol. The van der Waals surface area contributed by atoms with Crippen molar-refractivity contribution in [1.82, 2.24) is 14.5 Å². The van der Waals surface area contributed by atoms with E-state index in [1.54, 1.807) is 30.3 Å². The summed E-state index contributed by atoms with van der Waals surface area (Å²) in [7, 11) is 0. The summed E-state index contributed by atoms with van der Waals surface area (Å²) in [5.41, 5.74) is 6.85. The fourth-order valence-electron chi connectivity index (χ4n) is 5.07. The number of thiophene rings is 1. The van der Waals surface area contributed by atoms with Gasteiger partial charge < -0.3 is 9.12 Å². The van der Waals surface area contributed by atoms with Gasteiger partial charge in [0.25, 0.3) is 5.91 Å². The van der Waals surface area contributed by atoms with Gasteiger partial charge in [-0.05, 0) is 67.1 Å². The summed E-state index contributed by atoms with van der Waals surface area (Å²) in [6.45, 7) is 11.0. The van der Waals surface area contributed by atoms with Crippen LogP contribution >= 0.6 is 11.3 Å². The summed E-state index contributed by atoms with van der Waals surface area (Å²) < 4.78 is 28.0. The van der Waals surface area contributed by atoms with E-state index in [2.05, 4.69) is 38.3 Å². The number of carbonyl (C=O) groups excluding carboxylic acids is 1. The zero-order valence-electron chi connectivity index (χ0n) is 23.9. The van der Waals surface area contributed by atoms with Gasteiger partial charge in [0, 0.05) is 28.1 Å². The topological polar surface area (TPSA) is 91.2 Å². The van der Waals surface area contributed by atoms with Crippen molar-refractivity contribution in [3.63, 3.8) is 0 Å². The van der Waals surface area contributed by atoms with Gasteiger partial charge in [0.15, 0.2) is 5.65 Å². The number of nitrogens with zero attached hydrogens (tertiary/aromatic N) is 4. The van der Waals surface area contributed by atoms with Crippen molar-refractivity contribution < 1.29 is 13.6 Å². The lowest BCUT2D eigenvalue weighted by molar-refractivity contribution is 0.101. The van der Waals surface area contributed by atoms with Crippen molar-refractivity contribution in [2.75, 3.05) is 4.31 Å². The number of hydrogen-bond donors (Lipinski definition) is 0. The monoisotopic (exact) mass is 585 g/mol. The van der Waals surface area contributed by atoms with Crippen LogP contribution in [-0.2, 0) is 30.7 Å². The summed E-state index contributed by atoms with van der Waals surface area (Å²) in [5, 5.41) is 0.402. The van der Waals surface area contributed by atoms with Crippen LogP contribution in [0.2, 0.25) is 0 Å². The van der Waals surface area contributed by atoms with Gasteiger partial charge in [-0.1, -0.05) is 63.2 Å². The molecule has 1 atom stereocenters. The zero-order chi connectivity index (χ0) is 29.3. The smallest absolute Gasteiger partial charge is 0.270 e. The zero-order valence-corrected chi connectivity index (χ0v) is 25.5. The quantitative estimate of drug-likeness (QED) is 0.173. The Morgan fingerprint density at radius 1 is 1.05 bits per heavy atom. The molecule has 212 valence electrons. The first kappa shape index (κ1) is 28.9. The molecule has 7 nitrogen and oxygen atoms in total. The Morgan fingerprint density at radius 2 is 1.76 bits per heavy atom. The van der Waals surface area contributed by atoms with Gasteiger partial charge in [0.1, 0.15) is 16.3 Å². The lowest BCUT2D eigenvalue weighted by Crippen LogP contribution is -2.32. The number of rotatable bonds is 9. The van der Waals surface area contributed by atoms with Crippen LogP contribution < -0.4 is 4.31 Å². The highest BCUT2D eigenvalue weighted by atomic mass is 32.2. The number of imidazole rings is 1. The maximum Gasteiger partial charge on any atom is 0.270 e. The molecule has 1 amide bonds. The predicted octanol–water partition coefficient (Wildman–Crippen LogP) is 7.03. The molecule has 3 aromatic heterocycles. The van der Waals surface area contributed by atoms with E-state index in [0.717, 1.165) is 67.0 Å². The third kappa shape index (κ3) is 6.02. The molecule has 2 aromatic carbocycles. The maximum absolute atomic E-state index is 13.4. The van der Waals surface area contributed by atoms with Gasteiger partial charge in [-0.3, -0.25) is 9.00 Å². The number of fused-ring (bicyclic) bond motifs is 1. The summed E-state index contributed by atoms with van der Waals surface area (Å²) in [6.07, 6.45) is 1.58. The fraction of sp³-hybridized carbons (Fsp3) is 0.281. The molecule has 0 bridgehead atoms. The average Bonchev–Trinajstić information content (AvgIpc) is 3.50. The van der Waals surface area contributed by atoms with Gasteiger partial charge in [0.2, 0.25) is 0 Å². The van der Waals surface area contributed by atoms with Crippen LogP contribution in [0.15, 0.2) is 66.7 Å². The standard InChI is InChI=1S/C32H34N4O3S2/c1-6-28-34-29-21(4)17-22(5)33-30(29)35(28)19-23-12-14-24(15-13-23)27-18-26(16-20(2)3)40-32(27)36(41(38)39)31(37)25-10-8-7-9-11-25/h7-15,17-18,20H,6,16,19H2,1-5H3,(H,38,39)/p-1. The van der Waals surface area contributed by atoms with Gasteiger partial charge in [-0.2, -0.15) is 0 Å². The van der Waals surface area contributed by atoms with E-state index in [0.29, 0.717) is 23.0 Å². The number of aromatic nitrogens is 3. The largest absolute Gasteiger partial charge is 0.755 e. The molecule has 5 rings (SSSR count). The fourth-order valence-corrected chi connectivity index (χ4v) is 7.14. The van der Waals surface area contributed by atoms with E-state index in [-0.39, 0.29) is 0 Å². The summed E-state index contributed by atoms with van der Waals surface area (Å²) >= 11 is -1.44. The van der Waals surface area contributed by atoms with E-state index in [1.165, 1.54) is 11.3 Å². The second kappa shape index (κ2) is 12.1. The Hall–Kier alpha value is -3.66. The van der Waals surface area contributed by atoms with E-state index >= 15 is 0 Å². The molecule has 3 heterocycles. The number of anilines is 1. The van der Waals surface area contributed by atoms with Gasteiger partial charge in [0.05, 0.1) is 17.8 Å². The van der Waals surface area contributed by atoms with Gasteiger partial charge in [-0.15, -0.1) is 11.3 Å². The van der Waals surface area contributed by atoms with E-state index in [1.807, 2.05) is 37.3 Å². The molecule has 0 aliphatic rings. The third-order valence-electron chi connectivity index (χ3n) is 6.93. The number of aryl methyl sites for hydroxylation is 3. The van der Waals surface area contributed by atoms with Crippen molar-refractivity contribution in [2.24, 2.45) is 5.92 Å². The lowest BCUT2D eigenvalue weighted by Gasteiger charge is -2.24. The number of pyridine rings is 1. The highest BCUT2D eigenvalue weighted by Gasteiger charge is 2.25. The molecular formula is C32H33N4O3S2-. The molecule has 0 aliphatic heterocycles. The number of hydrogen-bond acceptors (Lipinski definition) is 6. The Balaban J connectivity index is 1.53. The summed E-state index contributed by atoms with van der Waals surface area (Å²) in [5.74, 6) is 0.787. The molecular weight excluding hydrogens is 553 g/mol. The molecule has 41 heavy (non-hydrogen) atoms. The van der Waals surface area contributed by atoms with E-state index in [4.69, 9.17) is 9.97 Å².